The molecule has 0 radical (unpaired) electrons. The Balaban J connectivity index is 1.80. The Hall–Kier alpha value is -1.92. The lowest BCUT2D eigenvalue weighted by atomic mass is 9.85. The van der Waals surface area contributed by atoms with E-state index in [0.29, 0.717) is 19.8 Å². The van der Waals surface area contributed by atoms with E-state index in [0.717, 1.165) is 18.4 Å². The molecular formula is C20H29NO5. The second kappa shape index (κ2) is 9.69. The highest BCUT2D eigenvalue weighted by Crippen LogP contribution is 2.24. The second-order valence-electron chi connectivity index (χ2n) is 7.47. The molecule has 1 atom stereocenters. The van der Waals surface area contributed by atoms with Gasteiger partial charge in [0.25, 0.3) is 0 Å². The number of carboxylic acid groups (broad SMARTS) is 1. The predicted molar refractivity (Wildman–Crippen MR) is 97.6 cm³/mol. The first-order valence-electron chi connectivity index (χ1n) is 9.10. The molecule has 6 nitrogen and oxygen atoms in total. The maximum atomic E-state index is 12.5. The third-order valence-electron chi connectivity index (χ3n) is 4.82. The van der Waals surface area contributed by atoms with Crippen LogP contribution in [0.4, 0.5) is 0 Å². The highest BCUT2D eigenvalue weighted by molar-refractivity contribution is 5.82. The fourth-order valence-electron chi connectivity index (χ4n) is 3.08. The van der Waals surface area contributed by atoms with E-state index < -0.39 is 17.3 Å². The van der Waals surface area contributed by atoms with Crippen molar-refractivity contribution in [3.05, 3.63) is 35.9 Å². The van der Waals surface area contributed by atoms with Gasteiger partial charge in [0.15, 0.2) is 0 Å². The molecule has 26 heavy (non-hydrogen) atoms. The van der Waals surface area contributed by atoms with Crippen molar-refractivity contribution >= 4 is 11.9 Å². The molecule has 1 aliphatic rings. The van der Waals surface area contributed by atoms with Crippen LogP contribution in [0.5, 0.6) is 0 Å². The van der Waals surface area contributed by atoms with Crippen molar-refractivity contribution in [1.29, 1.82) is 0 Å². The first-order valence-corrected chi connectivity index (χ1v) is 9.10. The van der Waals surface area contributed by atoms with Gasteiger partial charge in [0.2, 0.25) is 5.91 Å². The molecule has 1 saturated heterocycles. The number of amides is 1. The predicted octanol–water partition coefficient (Wildman–Crippen LogP) is 2.47. The summed E-state index contributed by atoms with van der Waals surface area (Å²) in [5, 5.41) is 12.3. The smallest absolute Gasteiger partial charge is 0.308 e. The fraction of sp³-hybridized carbons (Fsp3) is 0.600. The molecule has 6 heteroatoms. The molecule has 1 unspecified atom stereocenters. The van der Waals surface area contributed by atoms with Crippen LogP contribution in [-0.2, 0) is 25.7 Å². The summed E-state index contributed by atoms with van der Waals surface area (Å²) in [6.45, 7) is 5.62. The average molecular weight is 363 g/mol. The van der Waals surface area contributed by atoms with Gasteiger partial charge >= 0.3 is 5.97 Å². The minimum Gasteiger partial charge on any atom is -0.481 e. The van der Waals surface area contributed by atoms with Crippen LogP contribution in [0, 0.1) is 17.3 Å². The highest BCUT2D eigenvalue weighted by atomic mass is 16.5. The van der Waals surface area contributed by atoms with Gasteiger partial charge in [0, 0.05) is 19.8 Å². The molecule has 2 N–H and O–H groups in total. The van der Waals surface area contributed by atoms with Crippen LogP contribution < -0.4 is 5.32 Å². The van der Waals surface area contributed by atoms with Crippen molar-refractivity contribution in [3.8, 4) is 0 Å². The van der Waals surface area contributed by atoms with Gasteiger partial charge in [-0.05, 0) is 38.2 Å². The third kappa shape index (κ3) is 6.11. The quantitative estimate of drug-likeness (QED) is 0.704. The Morgan fingerprint density at radius 3 is 2.54 bits per heavy atom. The van der Waals surface area contributed by atoms with Crippen molar-refractivity contribution in [1.82, 2.24) is 5.32 Å². The SMILES string of the molecule is CC(C)(COCc1ccccc1)C(=O)NCC(C(=O)O)C1CCOCC1. The summed E-state index contributed by atoms with van der Waals surface area (Å²) in [5.41, 5.74) is 0.321. The first-order chi connectivity index (χ1) is 12.4. The monoisotopic (exact) mass is 363 g/mol. The van der Waals surface area contributed by atoms with Crippen LogP contribution in [-0.4, -0.2) is 43.3 Å². The Morgan fingerprint density at radius 1 is 1.27 bits per heavy atom. The van der Waals surface area contributed by atoms with Gasteiger partial charge in [0.05, 0.1) is 24.5 Å². The number of carbonyl (C=O) groups excluding carboxylic acids is 1. The lowest BCUT2D eigenvalue weighted by molar-refractivity contribution is -0.145. The summed E-state index contributed by atoms with van der Waals surface area (Å²) in [6.07, 6.45) is 1.44. The normalized spacial score (nSPS) is 16.8. The number of hydrogen-bond acceptors (Lipinski definition) is 4. The van der Waals surface area contributed by atoms with Crippen molar-refractivity contribution in [2.75, 3.05) is 26.4 Å². The van der Waals surface area contributed by atoms with E-state index in [1.165, 1.54) is 0 Å². The zero-order valence-corrected chi connectivity index (χ0v) is 15.6. The largest absolute Gasteiger partial charge is 0.481 e. The van der Waals surface area contributed by atoms with Crippen molar-refractivity contribution in [3.63, 3.8) is 0 Å². The average Bonchev–Trinajstić information content (AvgIpc) is 2.63. The second-order valence-corrected chi connectivity index (χ2v) is 7.47. The summed E-state index contributed by atoms with van der Waals surface area (Å²) in [4.78, 5) is 24.1. The molecule has 0 bridgehead atoms. The van der Waals surface area contributed by atoms with Crippen LogP contribution in [0.3, 0.4) is 0 Å². The number of ether oxygens (including phenoxy) is 2. The minimum absolute atomic E-state index is 0.0407. The fourth-order valence-corrected chi connectivity index (χ4v) is 3.08. The molecule has 1 aliphatic heterocycles. The third-order valence-corrected chi connectivity index (χ3v) is 4.82. The van der Waals surface area contributed by atoms with Gasteiger partial charge in [-0.2, -0.15) is 0 Å². The van der Waals surface area contributed by atoms with Crippen LogP contribution in [0.1, 0.15) is 32.3 Å². The first kappa shape index (κ1) is 20.4. The molecule has 1 amide bonds. The molecular weight excluding hydrogens is 334 g/mol. The molecule has 0 aromatic heterocycles. The van der Waals surface area contributed by atoms with Crippen molar-refractivity contribution in [2.45, 2.75) is 33.3 Å². The summed E-state index contributed by atoms with van der Waals surface area (Å²) in [6, 6.07) is 9.77. The van der Waals surface area contributed by atoms with E-state index >= 15 is 0 Å². The van der Waals surface area contributed by atoms with Gasteiger partial charge < -0.3 is 19.9 Å². The molecule has 2 rings (SSSR count). The number of rotatable bonds is 9. The lowest BCUT2D eigenvalue weighted by Gasteiger charge is -2.29. The minimum atomic E-state index is -0.865. The Bertz CT molecular complexity index is 581. The maximum Gasteiger partial charge on any atom is 0.308 e. The van der Waals surface area contributed by atoms with Gasteiger partial charge in [-0.25, -0.2) is 0 Å². The number of benzene rings is 1. The molecule has 0 saturated carbocycles. The number of nitrogens with one attached hydrogen (secondary N) is 1. The number of carboxylic acids is 1. The van der Waals surface area contributed by atoms with Gasteiger partial charge in [0.1, 0.15) is 0 Å². The van der Waals surface area contributed by atoms with E-state index in [2.05, 4.69) is 5.32 Å². The lowest BCUT2D eigenvalue weighted by Crippen LogP contribution is -2.45. The number of hydrogen-bond donors (Lipinski definition) is 2. The molecule has 0 spiro atoms. The Morgan fingerprint density at radius 2 is 1.92 bits per heavy atom. The zero-order chi connectivity index (χ0) is 19.0. The molecule has 1 heterocycles. The molecule has 144 valence electrons. The van der Waals surface area contributed by atoms with Crippen LogP contribution >= 0.6 is 0 Å². The molecule has 1 aromatic rings. The van der Waals surface area contributed by atoms with Gasteiger partial charge in [-0.3, -0.25) is 9.59 Å². The standard InChI is InChI=1S/C20H29NO5/c1-20(2,14-26-13-15-6-4-3-5-7-15)19(24)21-12-17(18(22)23)16-8-10-25-11-9-16/h3-7,16-17H,8-14H2,1-2H3,(H,21,24)(H,22,23). The molecule has 1 fully saturated rings. The van der Waals surface area contributed by atoms with E-state index in [4.69, 9.17) is 9.47 Å². The van der Waals surface area contributed by atoms with E-state index in [1.807, 2.05) is 30.3 Å². The van der Waals surface area contributed by atoms with E-state index in [9.17, 15) is 14.7 Å². The number of carbonyl (C=O) groups is 2. The Kier molecular flexibility index (Phi) is 7.60. The van der Waals surface area contributed by atoms with Crippen LogP contribution in [0.25, 0.3) is 0 Å². The summed E-state index contributed by atoms with van der Waals surface area (Å²) >= 11 is 0. The molecule has 1 aromatic carbocycles. The summed E-state index contributed by atoms with van der Waals surface area (Å²) in [5.74, 6) is -1.60. The van der Waals surface area contributed by atoms with Crippen molar-refractivity contribution in [2.24, 2.45) is 17.3 Å². The highest BCUT2D eigenvalue weighted by Gasteiger charge is 2.33. The summed E-state index contributed by atoms with van der Waals surface area (Å²) < 4.78 is 11.0. The zero-order valence-electron chi connectivity index (χ0n) is 15.6. The number of aliphatic carboxylic acids is 1. The van der Waals surface area contributed by atoms with E-state index in [-0.39, 0.29) is 25.0 Å². The van der Waals surface area contributed by atoms with Crippen molar-refractivity contribution < 1.29 is 24.2 Å². The molecule has 0 aliphatic carbocycles. The van der Waals surface area contributed by atoms with Crippen LogP contribution in [0.2, 0.25) is 0 Å². The van der Waals surface area contributed by atoms with Gasteiger partial charge in [-0.15, -0.1) is 0 Å². The maximum absolute atomic E-state index is 12.5. The topological polar surface area (TPSA) is 84.9 Å². The van der Waals surface area contributed by atoms with Gasteiger partial charge in [-0.1, -0.05) is 30.3 Å². The summed E-state index contributed by atoms with van der Waals surface area (Å²) in [7, 11) is 0. The van der Waals surface area contributed by atoms with E-state index in [1.54, 1.807) is 13.8 Å². The Labute approximate surface area is 154 Å². The van der Waals surface area contributed by atoms with Crippen LogP contribution in [0.15, 0.2) is 30.3 Å².